The van der Waals surface area contributed by atoms with Gasteiger partial charge in [-0.05, 0) is 6.92 Å². The van der Waals surface area contributed by atoms with Gasteiger partial charge in [0.05, 0.1) is 20.0 Å². The molecule has 0 saturated carbocycles. The molecule has 0 aliphatic rings. The van der Waals surface area contributed by atoms with Crippen molar-refractivity contribution in [3.05, 3.63) is 0 Å². The Labute approximate surface area is 102 Å². The highest BCUT2D eigenvalue weighted by Gasteiger charge is 2.23. The molecular weight excluding hydrogens is 224 g/mol. The largest absolute Gasteiger partial charge is 0.858 e. The number of carboxylic acid groups (broad SMARTS) is 1. The molecule has 3 unspecified atom stereocenters. The van der Waals surface area contributed by atoms with Gasteiger partial charge in [0.15, 0.2) is 0 Å². The van der Waals surface area contributed by atoms with Crippen LogP contribution in [0.1, 0.15) is 20.8 Å². The van der Waals surface area contributed by atoms with E-state index < -0.39 is 29.8 Å². The lowest BCUT2D eigenvalue weighted by atomic mass is 9.96. The maximum absolute atomic E-state index is 11.8. The summed E-state index contributed by atoms with van der Waals surface area (Å²) in [4.78, 5) is 10.7. The Morgan fingerprint density at radius 3 is 2.12 bits per heavy atom. The van der Waals surface area contributed by atoms with Crippen molar-refractivity contribution in [2.75, 3.05) is 20.6 Å². The second kappa shape index (κ2) is 5.97. The third-order valence-corrected chi connectivity index (χ3v) is 2.61. The molecule has 0 aromatic heterocycles. The van der Waals surface area contributed by atoms with Crippen molar-refractivity contribution in [1.29, 1.82) is 0 Å². The summed E-state index contributed by atoms with van der Waals surface area (Å²) < 4.78 is -0.00677. The fourth-order valence-corrected chi connectivity index (χ4v) is 1.47. The van der Waals surface area contributed by atoms with Crippen molar-refractivity contribution in [2.45, 2.75) is 26.9 Å². The molecule has 0 fully saturated rings. The highest BCUT2D eigenvalue weighted by Crippen LogP contribution is 2.13. The van der Waals surface area contributed by atoms with E-state index >= 15 is 0 Å². The van der Waals surface area contributed by atoms with Crippen molar-refractivity contribution < 1.29 is 24.7 Å². The Kier molecular flexibility index (Phi) is 5.57. The molecule has 0 aromatic carbocycles. The Morgan fingerprint density at radius 1 is 1.29 bits per heavy atom. The smallest absolute Gasteiger partial charge is 0.306 e. The minimum Gasteiger partial charge on any atom is -0.858 e. The van der Waals surface area contributed by atoms with Crippen LogP contribution >= 0.6 is 0 Å². The molecule has 0 aliphatic carbocycles. The summed E-state index contributed by atoms with van der Waals surface area (Å²) in [6.45, 7) is 4.95. The van der Waals surface area contributed by atoms with Gasteiger partial charge < -0.3 is 15.3 Å². The third-order valence-electron chi connectivity index (χ3n) is 2.61. The fourth-order valence-electron chi connectivity index (χ4n) is 1.47. The number of likely N-dealkylation sites (N-methyl/N-ethyl adjacent to an activating group) is 1. The van der Waals surface area contributed by atoms with Crippen LogP contribution in [-0.2, 0) is 4.79 Å². The zero-order chi connectivity index (χ0) is 13.8. The van der Waals surface area contributed by atoms with Gasteiger partial charge in [-0.15, -0.1) is 5.10 Å². The minimum atomic E-state index is -1.01. The molecule has 6 nitrogen and oxygen atoms in total. The van der Waals surface area contributed by atoms with Gasteiger partial charge in [0.2, 0.25) is 0 Å². The molecule has 0 aliphatic heterocycles. The summed E-state index contributed by atoms with van der Waals surface area (Å²) in [6, 6.07) is 0. The first-order chi connectivity index (χ1) is 7.57. The molecule has 0 spiro atoms. The lowest BCUT2D eigenvalue weighted by molar-refractivity contribution is -0.901. The van der Waals surface area contributed by atoms with E-state index in [9.17, 15) is 15.0 Å². The molecule has 0 bridgehead atoms. The van der Waals surface area contributed by atoms with Crippen LogP contribution in [0.3, 0.4) is 0 Å². The van der Waals surface area contributed by atoms with Crippen LogP contribution in [0.2, 0.25) is 0 Å². The van der Waals surface area contributed by atoms with Crippen molar-refractivity contribution in [3.63, 3.8) is 0 Å². The van der Waals surface area contributed by atoms with Crippen LogP contribution in [0.4, 0.5) is 0 Å². The maximum Gasteiger partial charge on any atom is 0.306 e. The zero-order valence-corrected chi connectivity index (χ0v) is 11.0. The maximum atomic E-state index is 11.8. The molecular formula is C11H22N2O4. The molecule has 0 heterocycles. The van der Waals surface area contributed by atoms with Gasteiger partial charge in [0.25, 0.3) is 0 Å². The van der Waals surface area contributed by atoms with Crippen LogP contribution in [-0.4, -0.2) is 53.4 Å². The first-order valence-corrected chi connectivity index (χ1v) is 5.58. The predicted octanol–water partition coefficient (Wildman–Crippen LogP) is -0.526. The van der Waals surface area contributed by atoms with Gasteiger partial charge in [0.1, 0.15) is 12.6 Å². The summed E-state index contributed by atoms with van der Waals surface area (Å²) in [5, 5.41) is 33.7. The topological polar surface area (TPSA) is 93.0 Å². The number of nitrogens with zero attached hydrogens (tertiary/aromatic N) is 2. The van der Waals surface area contributed by atoms with E-state index in [-0.39, 0.29) is 4.59 Å². The Hall–Kier alpha value is -1.14. The van der Waals surface area contributed by atoms with Gasteiger partial charge in [-0.3, -0.25) is 4.79 Å². The summed E-state index contributed by atoms with van der Waals surface area (Å²) >= 11 is 0. The first kappa shape index (κ1) is 15.9. The van der Waals surface area contributed by atoms with Crippen molar-refractivity contribution in [3.8, 4) is 0 Å². The average molecular weight is 246 g/mol. The van der Waals surface area contributed by atoms with Gasteiger partial charge in [0, 0.05) is 11.8 Å². The molecule has 100 valence electrons. The molecule has 0 saturated heterocycles. The highest BCUT2D eigenvalue weighted by molar-refractivity contribution is 5.81. The Balaban J connectivity index is 4.78. The molecule has 3 atom stereocenters. The quantitative estimate of drug-likeness (QED) is 0.285. The number of hydrogen-bond donors (Lipinski definition) is 2. The standard InChI is InChI=1S/C11H22N2O4/c1-7(14)6-13(4,5)12-10(15)8(2)9(3)11(16)17/h7-9,14H,6H2,1-5H3,(H-,12,15,16,17). The molecule has 2 N–H and O–H groups in total. The molecule has 17 heavy (non-hydrogen) atoms. The minimum absolute atomic E-state index is 0.00677. The summed E-state index contributed by atoms with van der Waals surface area (Å²) in [5.41, 5.74) is 0. The number of aliphatic carboxylic acids is 1. The summed E-state index contributed by atoms with van der Waals surface area (Å²) in [7, 11) is 3.37. The van der Waals surface area contributed by atoms with E-state index in [0.29, 0.717) is 6.54 Å². The van der Waals surface area contributed by atoms with E-state index in [2.05, 4.69) is 5.10 Å². The number of aliphatic hydroxyl groups excluding tert-OH is 1. The molecule has 0 radical (unpaired) electrons. The van der Waals surface area contributed by atoms with Crippen LogP contribution in [0.25, 0.3) is 0 Å². The van der Waals surface area contributed by atoms with Gasteiger partial charge in [-0.2, -0.15) is 0 Å². The molecule has 0 rings (SSSR count). The van der Waals surface area contributed by atoms with Crippen molar-refractivity contribution in [1.82, 2.24) is 0 Å². The SMILES string of the molecule is CC(O)C[N+](C)(C)/N=C(\[O-])C(C)C(C)C(=O)O. The number of quaternary nitrogens is 1. The zero-order valence-electron chi connectivity index (χ0n) is 11.0. The number of hydrogen-bond acceptors (Lipinski definition) is 4. The molecule has 6 heteroatoms. The monoisotopic (exact) mass is 246 g/mol. The van der Waals surface area contributed by atoms with E-state index in [0.717, 1.165) is 0 Å². The summed E-state index contributed by atoms with van der Waals surface area (Å²) in [6.07, 6.45) is -0.575. The predicted molar refractivity (Wildman–Crippen MR) is 62.1 cm³/mol. The summed E-state index contributed by atoms with van der Waals surface area (Å²) in [5.74, 6) is -2.90. The lowest BCUT2D eigenvalue weighted by Crippen LogP contribution is -2.44. The van der Waals surface area contributed by atoms with Gasteiger partial charge in [-0.1, -0.05) is 13.8 Å². The van der Waals surface area contributed by atoms with E-state index in [1.165, 1.54) is 6.92 Å². The number of carboxylic acids is 1. The van der Waals surface area contributed by atoms with Crippen LogP contribution < -0.4 is 5.11 Å². The normalized spacial score (nSPS) is 18.6. The van der Waals surface area contributed by atoms with Crippen molar-refractivity contribution in [2.24, 2.45) is 16.9 Å². The van der Waals surface area contributed by atoms with Gasteiger partial charge >= 0.3 is 5.97 Å². The second-order valence-corrected chi connectivity index (χ2v) is 5.01. The van der Waals surface area contributed by atoms with E-state index in [4.69, 9.17) is 5.11 Å². The molecule has 0 amide bonds. The average Bonchev–Trinajstić information content (AvgIpc) is 2.11. The second-order valence-electron chi connectivity index (χ2n) is 5.01. The van der Waals surface area contributed by atoms with Crippen molar-refractivity contribution >= 4 is 11.9 Å². The number of aliphatic hydroxyl groups is 1. The van der Waals surface area contributed by atoms with Crippen LogP contribution in [0, 0.1) is 11.8 Å². The van der Waals surface area contributed by atoms with E-state index in [1.54, 1.807) is 27.9 Å². The highest BCUT2D eigenvalue weighted by atomic mass is 16.4. The third kappa shape index (κ3) is 5.65. The molecule has 0 aromatic rings. The number of carbonyl (C=O) groups is 1. The lowest BCUT2D eigenvalue weighted by Gasteiger charge is -2.29. The van der Waals surface area contributed by atoms with Crippen LogP contribution in [0.5, 0.6) is 0 Å². The van der Waals surface area contributed by atoms with Gasteiger partial charge in [-0.25, -0.2) is 4.59 Å². The first-order valence-electron chi connectivity index (χ1n) is 5.58. The number of rotatable bonds is 6. The van der Waals surface area contributed by atoms with E-state index in [1.807, 2.05) is 0 Å². The fraction of sp³-hybridized carbons (Fsp3) is 0.818. The Morgan fingerprint density at radius 2 is 1.76 bits per heavy atom. The Bertz CT molecular complexity index is 300. The van der Waals surface area contributed by atoms with Crippen LogP contribution in [0.15, 0.2) is 5.10 Å².